The van der Waals surface area contributed by atoms with Gasteiger partial charge in [-0.05, 0) is 28.5 Å². The van der Waals surface area contributed by atoms with Crippen LogP contribution in [0.2, 0.25) is 0 Å². The van der Waals surface area contributed by atoms with Crippen LogP contribution in [-0.2, 0) is 6.54 Å². The first-order chi connectivity index (χ1) is 5.74. The van der Waals surface area contributed by atoms with Gasteiger partial charge in [0.15, 0.2) is 0 Å². The van der Waals surface area contributed by atoms with Crippen LogP contribution in [0.15, 0.2) is 16.6 Å². The Kier molecular flexibility index (Phi) is 3.14. The molecule has 1 aromatic heterocycles. The van der Waals surface area contributed by atoms with Crippen LogP contribution in [0, 0.1) is 0 Å². The molecule has 0 atom stereocenters. The number of thiophene rings is 1. The Labute approximate surface area is 75.7 Å². The third-order valence-corrected chi connectivity index (χ3v) is 2.84. The van der Waals surface area contributed by atoms with Gasteiger partial charge in [0.25, 0.3) is 0 Å². The lowest BCUT2D eigenvalue weighted by molar-refractivity contribution is 0.886. The molecule has 1 rings (SSSR count). The summed E-state index contributed by atoms with van der Waals surface area (Å²) in [4.78, 5) is 4.06. The second-order valence-electron chi connectivity index (χ2n) is 2.90. The number of nitrogens with zero attached hydrogens (tertiary/aromatic N) is 3. The molecule has 0 aliphatic heterocycles. The van der Waals surface area contributed by atoms with Gasteiger partial charge in [-0.2, -0.15) is 0 Å². The summed E-state index contributed by atoms with van der Waals surface area (Å²) in [7, 11) is 0. The molecule has 0 unspecified atom stereocenters. The quantitative estimate of drug-likeness (QED) is 0.388. The molecule has 0 radical (unpaired) electrons. The Bertz CT molecular complexity index is 297. The second kappa shape index (κ2) is 4.14. The smallest absolute Gasteiger partial charge is 0.0519 e. The molecule has 1 heterocycles. The van der Waals surface area contributed by atoms with Gasteiger partial charge in [0.2, 0.25) is 0 Å². The molecule has 0 spiro atoms. The van der Waals surface area contributed by atoms with Gasteiger partial charge in [-0.15, -0.1) is 11.3 Å². The maximum absolute atomic E-state index is 8.11. The maximum Gasteiger partial charge on any atom is 0.0519 e. The topological polar surface area (TPSA) is 48.8 Å². The molecule has 0 amide bonds. The summed E-state index contributed by atoms with van der Waals surface area (Å²) in [5.41, 5.74) is 9.22. The van der Waals surface area contributed by atoms with E-state index in [0.717, 1.165) is 5.56 Å². The van der Waals surface area contributed by atoms with E-state index in [2.05, 4.69) is 29.9 Å². The molecule has 0 aromatic carbocycles. The van der Waals surface area contributed by atoms with E-state index in [1.807, 2.05) is 5.38 Å². The number of azide groups is 1. The lowest BCUT2D eigenvalue weighted by Gasteiger charge is -1.96. The van der Waals surface area contributed by atoms with Gasteiger partial charge < -0.3 is 0 Å². The molecule has 0 fully saturated rings. The monoisotopic (exact) mass is 181 g/mol. The standard InChI is InChI=1S/C8H11N3S/c1-6(2)8-3-7(5-12-8)4-10-11-9/h3,5-6H,4H2,1-2H3. The number of rotatable bonds is 3. The molecule has 0 saturated heterocycles. The summed E-state index contributed by atoms with van der Waals surface area (Å²) < 4.78 is 0. The van der Waals surface area contributed by atoms with Crippen molar-refractivity contribution in [1.82, 2.24) is 0 Å². The van der Waals surface area contributed by atoms with Gasteiger partial charge in [0, 0.05) is 9.79 Å². The highest BCUT2D eigenvalue weighted by Crippen LogP contribution is 2.23. The van der Waals surface area contributed by atoms with E-state index < -0.39 is 0 Å². The molecule has 0 saturated carbocycles. The van der Waals surface area contributed by atoms with Gasteiger partial charge in [-0.3, -0.25) is 0 Å². The van der Waals surface area contributed by atoms with Gasteiger partial charge in [0.1, 0.15) is 0 Å². The predicted octanol–water partition coefficient (Wildman–Crippen LogP) is 3.68. The van der Waals surface area contributed by atoms with Crippen molar-refractivity contribution in [3.63, 3.8) is 0 Å². The van der Waals surface area contributed by atoms with Crippen LogP contribution in [-0.4, -0.2) is 0 Å². The summed E-state index contributed by atoms with van der Waals surface area (Å²) in [5, 5.41) is 5.55. The minimum Gasteiger partial charge on any atom is -0.148 e. The molecule has 1 aromatic rings. The molecule has 0 aliphatic rings. The van der Waals surface area contributed by atoms with Gasteiger partial charge in [0.05, 0.1) is 6.54 Å². The Morgan fingerprint density at radius 3 is 2.92 bits per heavy atom. The van der Waals surface area contributed by atoms with Crippen molar-refractivity contribution in [1.29, 1.82) is 0 Å². The minimum absolute atomic E-state index is 0.472. The molecule has 3 nitrogen and oxygen atoms in total. The van der Waals surface area contributed by atoms with E-state index in [-0.39, 0.29) is 0 Å². The van der Waals surface area contributed by atoms with E-state index in [9.17, 15) is 0 Å². The summed E-state index contributed by atoms with van der Waals surface area (Å²) in [6, 6.07) is 2.10. The van der Waals surface area contributed by atoms with E-state index >= 15 is 0 Å². The highest BCUT2D eigenvalue weighted by atomic mass is 32.1. The molecule has 0 aliphatic carbocycles. The summed E-state index contributed by atoms with van der Waals surface area (Å²) in [6.45, 7) is 4.78. The van der Waals surface area contributed by atoms with E-state index in [1.165, 1.54) is 4.88 Å². The van der Waals surface area contributed by atoms with E-state index in [1.54, 1.807) is 11.3 Å². The van der Waals surface area contributed by atoms with Crippen molar-refractivity contribution < 1.29 is 0 Å². The molecule has 0 N–H and O–H groups in total. The van der Waals surface area contributed by atoms with Crippen LogP contribution in [0.4, 0.5) is 0 Å². The van der Waals surface area contributed by atoms with E-state index in [4.69, 9.17) is 5.53 Å². The molecular formula is C8H11N3S. The van der Waals surface area contributed by atoms with Crippen molar-refractivity contribution in [3.8, 4) is 0 Å². The van der Waals surface area contributed by atoms with Crippen LogP contribution in [0.25, 0.3) is 10.4 Å². The first-order valence-electron chi connectivity index (χ1n) is 3.82. The number of hydrogen-bond donors (Lipinski definition) is 0. The first-order valence-corrected chi connectivity index (χ1v) is 4.70. The summed E-state index contributed by atoms with van der Waals surface area (Å²) >= 11 is 1.72. The normalized spacial score (nSPS) is 9.92. The Balaban J connectivity index is 2.70. The Morgan fingerprint density at radius 1 is 1.67 bits per heavy atom. The van der Waals surface area contributed by atoms with Crippen LogP contribution in [0.5, 0.6) is 0 Å². The average molecular weight is 181 g/mol. The van der Waals surface area contributed by atoms with Gasteiger partial charge >= 0.3 is 0 Å². The fraction of sp³-hybridized carbons (Fsp3) is 0.500. The van der Waals surface area contributed by atoms with Crippen molar-refractivity contribution >= 4 is 11.3 Å². The zero-order valence-corrected chi connectivity index (χ0v) is 8.01. The highest BCUT2D eigenvalue weighted by Gasteiger charge is 2.02. The van der Waals surface area contributed by atoms with Crippen LogP contribution >= 0.6 is 11.3 Å². The number of hydrogen-bond acceptors (Lipinski definition) is 2. The molecule has 12 heavy (non-hydrogen) atoms. The summed E-state index contributed by atoms with van der Waals surface area (Å²) in [5.74, 6) is 0.565. The Morgan fingerprint density at radius 2 is 2.42 bits per heavy atom. The molecule has 64 valence electrons. The third kappa shape index (κ3) is 2.26. The highest BCUT2D eigenvalue weighted by molar-refractivity contribution is 7.10. The van der Waals surface area contributed by atoms with Gasteiger partial charge in [-0.25, -0.2) is 0 Å². The van der Waals surface area contributed by atoms with Crippen LogP contribution in [0.3, 0.4) is 0 Å². The predicted molar refractivity (Wildman–Crippen MR) is 51.3 cm³/mol. The first kappa shape index (κ1) is 9.10. The zero-order valence-electron chi connectivity index (χ0n) is 7.19. The fourth-order valence-corrected chi connectivity index (χ4v) is 1.82. The maximum atomic E-state index is 8.11. The SMILES string of the molecule is CC(C)c1cc(CN=[N+]=[N-])cs1. The van der Waals surface area contributed by atoms with Crippen LogP contribution < -0.4 is 0 Å². The van der Waals surface area contributed by atoms with Crippen molar-refractivity contribution in [2.75, 3.05) is 0 Å². The molecule has 0 bridgehead atoms. The van der Waals surface area contributed by atoms with Crippen molar-refractivity contribution in [2.24, 2.45) is 5.11 Å². The van der Waals surface area contributed by atoms with Crippen LogP contribution in [0.1, 0.15) is 30.2 Å². The average Bonchev–Trinajstić information content (AvgIpc) is 2.48. The fourth-order valence-electron chi connectivity index (χ4n) is 0.893. The largest absolute Gasteiger partial charge is 0.148 e. The lowest BCUT2D eigenvalue weighted by Crippen LogP contribution is -1.79. The Hall–Kier alpha value is -0.990. The van der Waals surface area contributed by atoms with Crippen molar-refractivity contribution in [3.05, 3.63) is 32.3 Å². The molecular weight excluding hydrogens is 170 g/mol. The second-order valence-corrected chi connectivity index (χ2v) is 3.84. The zero-order chi connectivity index (χ0) is 8.97. The third-order valence-electron chi connectivity index (χ3n) is 1.56. The van der Waals surface area contributed by atoms with Crippen molar-refractivity contribution in [2.45, 2.75) is 26.3 Å². The summed E-state index contributed by atoms with van der Waals surface area (Å²) in [6.07, 6.45) is 0. The molecule has 4 heteroatoms. The van der Waals surface area contributed by atoms with E-state index in [0.29, 0.717) is 12.5 Å². The van der Waals surface area contributed by atoms with Gasteiger partial charge in [-0.1, -0.05) is 19.0 Å². The minimum atomic E-state index is 0.472. The lowest BCUT2D eigenvalue weighted by atomic mass is 10.1.